The van der Waals surface area contributed by atoms with Crippen LogP contribution in [0.2, 0.25) is 0 Å². The van der Waals surface area contributed by atoms with Gasteiger partial charge in [-0.1, -0.05) is 19.8 Å². The van der Waals surface area contributed by atoms with Crippen molar-refractivity contribution < 1.29 is 23.9 Å². The Morgan fingerprint density at radius 3 is 1.89 bits per heavy atom. The summed E-state index contributed by atoms with van der Waals surface area (Å²) in [6.07, 6.45) is 6.58. The maximum Gasteiger partial charge on any atom is 0.338 e. The number of hydrogen-bond donors (Lipinski definition) is 3. The minimum absolute atomic E-state index is 0.0667. The molecule has 0 aliphatic rings. The molecule has 150 valence electrons. The third-order valence-corrected chi connectivity index (χ3v) is 4.01. The van der Waals surface area contributed by atoms with Crippen LogP contribution in [-0.4, -0.2) is 35.8 Å². The highest BCUT2D eigenvalue weighted by Gasteiger charge is 2.25. The first-order valence-electron chi connectivity index (χ1n) is 8.80. The second-order valence-corrected chi connectivity index (χ2v) is 6.22. The quantitative estimate of drug-likeness (QED) is 0.467. The smallest absolute Gasteiger partial charge is 0.338 e. The average molecular weight is 387 g/mol. The van der Waals surface area contributed by atoms with Crippen molar-refractivity contribution in [2.45, 2.75) is 46.1 Å². The molecule has 0 saturated heterocycles. The van der Waals surface area contributed by atoms with E-state index in [9.17, 15) is 19.2 Å². The van der Waals surface area contributed by atoms with Crippen LogP contribution in [0.15, 0.2) is 18.2 Å². The lowest BCUT2D eigenvalue weighted by molar-refractivity contribution is -0.125. The van der Waals surface area contributed by atoms with E-state index in [1.54, 1.807) is 0 Å². The van der Waals surface area contributed by atoms with Crippen molar-refractivity contribution in [1.82, 2.24) is 5.32 Å². The first-order valence-corrected chi connectivity index (χ1v) is 8.80. The van der Waals surface area contributed by atoms with Crippen molar-refractivity contribution in [2.24, 2.45) is 0 Å². The Hall–Kier alpha value is -3.34. The number of terminal acetylenes is 1. The number of benzene rings is 1. The zero-order valence-corrected chi connectivity index (χ0v) is 16.5. The van der Waals surface area contributed by atoms with Crippen LogP contribution in [0, 0.1) is 12.3 Å². The van der Waals surface area contributed by atoms with Gasteiger partial charge in [0.2, 0.25) is 11.8 Å². The Morgan fingerprint density at radius 2 is 1.50 bits per heavy atom. The normalized spacial score (nSPS) is 10.4. The average Bonchev–Trinajstić information content (AvgIpc) is 2.63. The lowest BCUT2D eigenvalue weighted by Gasteiger charge is -2.26. The van der Waals surface area contributed by atoms with Gasteiger partial charge in [0.1, 0.15) is 5.54 Å². The molecule has 0 radical (unpaired) electrons. The third-order valence-electron chi connectivity index (χ3n) is 4.01. The highest BCUT2D eigenvalue weighted by molar-refractivity contribution is 5.98. The molecule has 8 heteroatoms. The molecule has 0 aliphatic carbocycles. The van der Waals surface area contributed by atoms with E-state index in [4.69, 9.17) is 11.2 Å². The second-order valence-electron chi connectivity index (χ2n) is 6.22. The number of carbonyl (C=O) groups is 4. The Bertz CT molecular complexity index is 772. The minimum Gasteiger partial charge on any atom is -0.452 e. The summed E-state index contributed by atoms with van der Waals surface area (Å²) >= 11 is 0. The first kappa shape index (κ1) is 22.7. The third kappa shape index (κ3) is 6.76. The van der Waals surface area contributed by atoms with Gasteiger partial charge < -0.3 is 20.7 Å². The molecular weight excluding hydrogens is 362 g/mol. The van der Waals surface area contributed by atoms with E-state index in [1.807, 2.05) is 13.8 Å². The Kier molecular flexibility index (Phi) is 8.20. The van der Waals surface area contributed by atoms with Crippen molar-refractivity contribution in [1.29, 1.82) is 0 Å². The van der Waals surface area contributed by atoms with Crippen LogP contribution in [0.3, 0.4) is 0 Å². The number of hydrogen-bond acceptors (Lipinski definition) is 5. The molecule has 0 spiro atoms. The standard InChI is InChI=1S/C20H25N3O5/c1-6-20(7-2,8-3)23-18(26)12-28-19(27)15-9-16(21-13(4)24)11-17(10-15)22-14(5)25/h1,9-11H,7-8,12H2,2-5H3,(H,21,24)(H,22,25)(H,23,26). The lowest BCUT2D eigenvalue weighted by atomic mass is 9.94. The van der Waals surface area contributed by atoms with E-state index in [1.165, 1.54) is 32.0 Å². The summed E-state index contributed by atoms with van der Waals surface area (Å²) in [6, 6.07) is 4.27. The monoisotopic (exact) mass is 387 g/mol. The minimum atomic E-state index is -0.784. The molecule has 1 aromatic rings. The van der Waals surface area contributed by atoms with Crippen LogP contribution in [0.5, 0.6) is 0 Å². The number of esters is 1. The van der Waals surface area contributed by atoms with Crippen molar-refractivity contribution in [3.63, 3.8) is 0 Å². The zero-order valence-electron chi connectivity index (χ0n) is 16.5. The number of ether oxygens (including phenoxy) is 1. The highest BCUT2D eigenvalue weighted by Crippen LogP contribution is 2.20. The summed E-state index contributed by atoms with van der Waals surface area (Å²) in [5.41, 5.74) is -0.109. The van der Waals surface area contributed by atoms with E-state index in [2.05, 4.69) is 21.9 Å². The molecule has 3 N–H and O–H groups in total. The predicted octanol–water partition coefficient (Wildman–Crippen LogP) is 2.07. The van der Waals surface area contributed by atoms with Crippen molar-refractivity contribution in [3.05, 3.63) is 23.8 Å². The van der Waals surface area contributed by atoms with Gasteiger partial charge in [0.15, 0.2) is 6.61 Å². The molecular formula is C20H25N3O5. The molecule has 0 aromatic heterocycles. The van der Waals surface area contributed by atoms with Gasteiger partial charge in [0.05, 0.1) is 5.56 Å². The number of anilines is 2. The Morgan fingerprint density at radius 1 is 1.00 bits per heavy atom. The molecule has 0 atom stereocenters. The molecule has 28 heavy (non-hydrogen) atoms. The van der Waals surface area contributed by atoms with E-state index in [0.29, 0.717) is 24.2 Å². The van der Waals surface area contributed by atoms with Crippen LogP contribution in [0.1, 0.15) is 50.9 Å². The largest absolute Gasteiger partial charge is 0.452 e. The van der Waals surface area contributed by atoms with Gasteiger partial charge in [-0.2, -0.15) is 0 Å². The van der Waals surface area contributed by atoms with E-state index in [-0.39, 0.29) is 17.4 Å². The topological polar surface area (TPSA) is 114 Å². The summed E-state index contributed by atoms with van der Waals surface area (Å²) in [4.78, 5) is 47.0. The van der Waals surface area contributed by atoms with Gasteiger partial charge in [-0.3, -0.25) is 14.4 Å². The molecule has 8 nitrogen and oxygen atoms in total. The second kappa shape index (κ2) is 10.1. The van der Waals surface area contributed by atoms with Gasteiger partial charge in [-0.25, -0.2) is 4.79 Å². The number of amides is 3. The maximum absolute atomic E-state index is 12.3. The van der Waals surface area contributed by atoms with Crippen molar-refractivity contribution in [3.8, 4) is 12.3 Å². The fourth-order valence-corrected chi connectivity index (χ4v) is 2.48. The van der Waals surface area contributed by atoms with Gasteiger partial charge in [0, 0.05) is 25.2 Å². The summed E-state index contributed by atoms with van der Waals surface area (Å²) in [7, 11) is 0. The molecule has 0 heterocycles. The van der Waals surface area contributed by atoms with Crippen molar-refractivity contribution >= 4 is 35.1 Å². The van der Waals surface area contributed by atoms with E-state index < -0.39 is 24.0 Å². The van der Waals surface area contributed by atoms with E-state index >= 15 is 0 Å². The molecule has 0 bridgehead atoms. The molecule has 0 saturated carbocycles. The van der Waals surface area contributed by atoms with Crippen LogP contribution in [-0.2, 0) is 19.1 Å². The number of rotatable bonds is 8. The molecule has 1 rings (SSSR count). The molecule has 0 aliphatic heterocycles. The van der Waals surface area contributed by atoms with Crippen LogP contribution in [0.4, 0.5) is 11.4 Å². The van der Waals surface area contributed by atoms with Gasteiger partial charge in [0.25, 0.3) is 5.91 Å². The predicted molar refractivity (Wildman–Crippen MR) is 106 cm³/mol. The van der Waals surface area contributed by atoms with Crippen molar-refractivity contribution in [2.75, 3.05) is 17.2 Å². The molecule has 0 fully saturated rings. The lowest BCUT2D eigenvalue weighted by Crippen LogP contribution is -2.48. The Labute approximate surface area is 164 Å². The number of nitrogens with one attached hydrogen (secondary N) is 3. The SMILES string of the molecule is C#CC(CC)(CC)NC(=O)COC(=O)c1cc(NC(C)=O)cc(NC(C)=O)c1. The van der Waals surface area contributed by atoms with Gasteiger partial charge >= 0.3 is 5.97 Å². The van der Waals surface area contributed by atoms with Gasteiger partial charge in [-0.15, -0.1) is 6.42 Å². The Balaban J connectivity index is 2.90. The first-order chi connectivity index (χ1) is 13.1. The fourth-order valence-electron chi connectivity index (χ4n) is 2.48. The summed E-state index contributed by atoms with van der Waals surface area (Å²) in [5, 5.41) is 7.76. The fraction of sp³-hybridized carbons (Fsp3) is 0.400. The maximum atomic E-state index is 12.3. The summed E-state index contributed by atoms with van der Waals surface area (Å²) < 4.78 is 5.04. The highest BCUT2D eigenvalue weighted by atomic mass is 16.5. The van der Waals surface area contributed by atoms with E-state index in [0.717, 1.165) is 0 Å². The van der Waals surface area contributed by atoms with Crippen LogP contribution < -0.4 is 16.0 Å². The summed E-state index contributed by atoms with van der Waals surface area (Å²) in [6.45, 7) is 5.82. The zero-order chi connectivity index (χ0) is 21.3. The van der Waals surface area contributed by atoms with Crippen LogP contribution in [0.25, 0.3) is 0 Å². The van der Waals surface area contributed by atoms with Gasteiger partial charge in [-0.05, 0) is 31.0 Å². The molecule has 0 unspecified atom stereocenters. The summed E-state index contributed by atoms with van der Waals surface area (Å²) in [5.74, 6) is 0.573. The molecule has 3 amide bonds. The molecule has 1 aromatic carbocycles. The number of carbonyl (C=O) groups excluding carboxylic acids is 4. The van der Waals surface area contributed by atoms with Crippen LogP contribution >= 0.6 is 0 Å².